The molecule has 0 fully saturated rings. The number of fused-ring (bicyclic) bond motifs is 1. The number of nitrogens with zero attached hydrogens (tertiary/aromatic N) is 1. The summed E-state index contributed by atoms with van der Waals surface area (Å²) in [6.07, 6.45) is 2.44. The lowest BCUT2D eigenvalue weighted by molar-refractivity contribution is 0.0696. The molecule has 0 atom stereocenters. The van der Waals surface area contributed by atoms with Crippen LogP contribution in [0.25, 0.3) is 10.8 Å². The van der Waals surface area contributed by atoms with Crippen molar-refractivity contribution in [3.63, 3.8) is 0 Å². The minimum Gasteiger partial charge on any atom is -0.478 e. The van der Waals surface area contributed by atoms with Gasteiger partial charge in [-0.05, 0) is 48.7 Å². The molecule has 30 heavy (non-hydrogen) atoms. The maximum absolute atomic E-state index is 13.3. The van der Waals surface area contributed by atoms with Gasteiger partial charge in [0.25, 0.3) is 5.56 Å². The lowest BCUT2D eigenvalue weighted by Crippen LogP contribution is -2.36. The highest BCUT2D eigenvalue weighted by atomic mass is 32.2. The Morgan fingerprint density at radius 1 is 1.07 bits per heavy atom. The third-order valence-corrected chi connectivity index (χ3v) is 6.78. The fourth-order valence-corrected chi connectivity index (χ4v) is 5.07. The lowest BCUT2D eigenvalue weighted by atomic mass is 10.1. The first-order valence-corrected chi connectivity index (χ1v) is 10.9. The Labute approximate surface area is 174 Å². The Bertz CT molecular complexity index is 1220. The molecule has 0 saturated carbocycles. The molecule has 0 aliphatic carbocycles. The number of benzene rings is 2. The molecule has 0 radical (unpaired) electrons. The van der Waals surface area contributed by atoms with E-state index in [2.05, 4.69) is 4.98 Å². The molecule has 3 aromatic rings. The summed E-state index contributed by atoms with van der Waals surface area (Å²) in [5.74, 6) is -1.00. The van der Waals surface area contributed by atoms with Crippen LogP contribution >= 0.6 is 0 Å². The molecule has 4 N–H and O–H groups in total. The number of H-pyrrole nitrogens is 1. The highest BCUT2D eigenvalue weighted by Crippen LogP contribution is 2.24. The summed E-state index contributed by atoms with van der Waals surface area (Å²) in [4.78, 5) is 25.8. The highest BCUT2D eigenvalue weighted by Gasteiger charge is 2.25. The van der Waals surface area contributed by atoms with E-state index in [0.29, 0.717) is 23.6 Å². The van der Waals surface area contributed by atoms with Gasteiger partial charge >= 0.3 is 5.97 Å². The molecule has 1 heterocycles. The highest BCUT2D eigenvalue weighted by molar-refractivity contribution is 7.89. The number of carboxylic acids is 1. The van der Waals surface area contributed by atoms with E-state index in [9.17, 15) is 18.0 Å². The fourth-order valence-electron chi connectivity index (χ4n) is 3.37. The molecule has 3 rings (SSSR count). The number of nitrogens with one attached hydrogen (secondary N) is 1. The minimum atomic E-state index is -3.88. The standard InChI is InChI=1S/C21H23N3O5S/c22-10-13-24(12-3-5-15-4-1-6-16(14-15)21(26)27)30(28,29)19-8-2-7-18-17(19)9-11-23-20(18)25/h1-2,4,6-9,11,14H,3,5,10,12-13,22H2,(H,23,25)(H,26,27). The predicted octanol–water partition coefficient (Wildman–Crippen LogP) is 1.81. The maximum atomic E-state index is 13.3. The molecule has 0 amide bonds. The number of carbonyl (C=O) groups is 1. The number of nitrogens with two attached hydrogens (primary N) is 1. The summed E-state index contributed by atoms with van der Waals surface area (Å²) in [5, 5.41) is 9.77. The van der Waals surface area contributed by atoms with Gasteiger partial charge in [-0.25, -0.2) is 13.2 Å². The van der Waals surface area contributed by atoms with E-state index in [0.717, 1.165) is 5.56 Å². The van der Waals surface area contributed by atoms with Crippen molar-refractivity contribution < 1.29 is 18.3 Å². The molecule has 1 aromatic heterocycles. The van der Waals surface area contributed by atoms with Gasteiger partial charge in [0.1, 0.15) is 0 Å². The zero-order chi connectivity index (χ0) is 21.7. The van der Waals surface area contributed by atoms with Gasteiger partial charge in [-0.1, -0.05) is 18.2 Å². The minimum absolute atomic E-state index is 0.0624. The summed E-state index contributed by atoms with van der Waals surface area (Å²) >= 11 is 0. The van der Waals surface area contributed by atoms with Crippen LogP contribution in [-0.4, -0.2) is 48.4 Å². The Balaban J connectivity index is 1.84. The van der Waals surface area contributed by atoms with Crippen molar-refractivity contribution >= 4 is 26.8 Å². The van der Waals surface area contributed by atoms with E-state index in [4.69, 9.17) is 10.8 Å². The quantitative estimate of drug-likeness (QED) is 0.475. The van der Waals surface area contributed by atoms with Crippen LogP contribution in [0.15, 0.2) is 64.4 Å². The van der Waals surface area contributed by atoms with Crippen LogP contribution in [0.1, 0.15) is 22.3 Å². The molecule has 0 aliphatic heterocycles. The number of hydrogen-bond donors (Lipinski definition) is 3. The second kappa shape index (κ2) is 9.21. The number of aromatic amines is 1. The van der Waals surface area contributed by atoms with Gasteiger partial charge in [0, 0.05) is 36.6 Å². The zero-order valence-electron chi connectivity index (χ0n) is 16.2. The monoisotopic (exact) mass is 429 g/mol. The fraction of sp³-hybridized carbons (Fsp3) is 0.238. The first kappa shape index (κ1) is 21.7. The van der Waals surface area contributed by atoms with E-state index < -0.39 is 16.0 Å². The molecule has 0 saturated heterocycles. The van der Waals surface area contributed by atoms with E-state index >= 15 is 0 Å². The smallest absolute Gasteiger partial charge is 0.335 e. The zero-order valence-corrected chi connectivity index (χ0v) is 17.1. The molecule has 0 unspecified atom stereocenters. The van der Waals surface area contributed by atoms with Gasteiger partial charge in [-0.3, -0.25) is 4.79 Å². The molecular formula is C21H23N3O5S. The third kappa shape index (κ3) is 4.59. The third-order valence-electron chi connectivity index (χ3n) is 4.82. The molecule has 2 aromatic carbocycles. The molecule has 0 spiro atoms. The molecule has 0 aliphatic rings. The summed E-state index contributed by atoms with van der Waals surface area (Å²) in [5.41, 5.74) is 6.31. The number of pyridine rings is 1. The van der Waals surface area contributed by atoms with E-state index in [1.165, 1.54) is 22.6 Å². The van der Waals surface area contributed by atoms with Crippen molar-refractivity contribution in [2.45, 2.75) is 17.7 Å². The topological polar surface area (TPSA) is 134 Å². The summed E-state index contributed by atoms with van der Waals surface area (Å²) in [6, 6.07) is 12.8. The van der Waals surface area contributed by atoms with Crippen LogP contribution in [0.3, 0.4) is 0 Å². The second-order valence-electron chi connectivity index (χ2n) is 6.83. The van der Waals surface area contributed by atoms with Crippen molar-refractivity contribution in [1.82, 2.24) is 9.29 Å². The van der Waals surface area contributed by atoms with Crippen molar-refractivity contribution in [3.8, 4) is 0 Å². The molecule has 0 bridgehead atoms. The summed E-state index contributed by atoms with van der Waals surface area (Å²) < 4.78 is 27.9. The van der Waals surface area contributed by atoms with E-state index in [-0.39, 0.29) is 35.7 Å². The summed E-state index contributed by atoms with van der Waals surface area (Å²) in [6.45, 7) is 0.507. The van der Waals surface area contributed by atoms with Crippen molar-refractivity contribution in [2.24, 2.45) is 5.73 Å². The average Bonchev–Trinajstić information content (AvgIpc) is 2.73. The molecule has 158 valence electrons. The van der Waals surface area contributed by atoms with Crippen LogP contribution in [0.2, 0.25) is 0 Å². The van der Waals surface area contributed by atoms with Gasteiger partial charge in [0.05, 0.1) is 10.5 Å². The summed E-state index contributed by atoms with van der Waals surface area (Å²) in [7, 11) is -3.88. The van der Waals surface area contributed by atoms with Gasteiger partial charge in [0.15, 0.2) is 0 Å². The number of sulfonamides is 1. The van der Waals surface area contributed by atoms with Crippen molar-refractivity contribution in [2.75, 3.05) is 19.6 Å². The Hall–Kier alpha value is -3.01. The van der Waals surface area contributed by atoms with Crippen molar-refractivity contribution in [1.29, 1.82) is 0 Å². The normalized spacial score (nSPS) is 11.8. The Morgan fingerprint density at radius 2 is 1.83 bits per heavy atom. The Kier molecular flexibility index (Phi) is 6.66. The number of aromatic carboxylic acids is 1. The molecule has 9 heteroatoms. The Morgan fingerprint density at radius 3 is 2.57 bits per heavy atom. The van der Waals surface area contributed by atoms with E-state index in [1.807, 2.05) is 6.07 Å². The lowest BCUT2D eigenvalue weighted by Gasteiger charge is -2.22. The van der Waals surface area contributed by atoms with Crippen molar-refractivity contribution in [3.05, 3.63) is 76.2 Å². The van der Waals surface area contributed by atoms with Gasteiger partial charge in [-0.15, -0.1) is 0 Å². The van der Waals surface area contributed by atoms with Gasteiger partial charge in [-0.2, -0.15) is 4.31 Å². The molecular weight excluding hydrogens is 406 g/mol. The van der Waals surface area contributed by atoms with Crippen LogP contribution in [0, 0.1) is 0 Å². The number of aryl methyl sites for hydroxylation is 1. The molecule has 8 nitrogen and oxygen atoms in total. The maximum Gasteiger partial charge on any atom is 0.335 e. The van der Waals surface area contributed by atoms with Crippen LogP contribution in [0.4, 0.5) is 0 Å². The predicted molar refractivity (Wildman–Crippen MR) is 114 cm³/mol. The van der Waals surface area contributed by atoms with Crippen LogP contribution < -0.4 is 11.3 Å². The average molecular weight is 429 g/mol. The number of aromatic nitrogens is 1. The first-order valence-electron chi connectivity index (χ1n) is 9.47. The SMILES string of the molecule is NCCN(CCCc1cccc(C(=O)O)c1)S(=O)(=O)c1cccc2c(=O)[nH]ccc12. The largest absolute Gasteiger partial charge is 0.478 e. The van der Waals surface area contributed by atoms with Crippen LogP contribution in [0.5, 0.6) is 0 Å². The number of carboxylic acid groups (broad SMARTS) is 1. The van der Waals surface area contributed by atoms with Gasteiger partial charge < -0.3 is 15.8 Å². The first-order chi connectivity index (χ1) is 14.3. The van der Waals surface area contributed by atoms with E-state index in [1.54, 1.807) is 30.3 Å². The van der Waals surface area contributed by atoms with Crippen LogP contribution in [-0.2, 0) is 16.4 Å². The number of rotatable bonds is 9. The second-order valence-corrected chi connectivity index (χ2v) is 8.73. The van der Waals surface area contributed by atoms with Gasteiger partial charge in [0.2, 0.25) is 10.0 Å². The number of hydrogen-bond acceptors (Lipinski definition) is 5.